The number of thioether (sulfide) groups is 1. The van der Waals surface area contributed by atoms with Crippen LogP contribution in [0.4, 0.5) is 9.93 Å². The first-order valence-corrected chi connectivity index (χ1v) is 15.3. The molecule has 242 valence electrons. The van der Waals surface area contributed by atoms with Gasteiger partial charge in [-0.05, 0) is 48.5 Å². The summed E-state index contributed by atoms with van der Waals surface area (Å²) in [5, 5.41) is 8.28. The summed E-state index contributed by atoms with van der Waals surface area (Å²) < 4.78 is 19.2. The standard InChI is InChI=1S/C26H37N7O9S2/c1-13-14(21(36)39-12-40-22(37)25(2,3)4)11-33-19(35)16(20(33)43-13)29-18(34)15(17-30-23(27)44-32-17)31-41-10-8-9-28-24(38)42-26(5,6)7/h11,13,16,20H,8-10,12H2,1-7H3,(H,28,38)(H,29,34)(H2,27,30,32)/t13?,16?,20-/m1/s1. The summed E-state index contributed by atoms with van der Waals surface area (Å²) in [5.74, 6) is -2.57. The summed E-state index contributed by atoms with van der Waals surface area (Å²) in [6.07, 6.45) is 1.15. The van der Waals surface area contributed by atoms with Gasteiger partial charge in [-0.25, -0.2) is 9.59 Å². The fourth-order valence-corrected chi connectivity index (χ4v) is 5.36. The Morgan fingerprint density at radius 2 is 1.84 bits per heavy atom. The van der Waals surface area contributed by atoms with Gasteiger partial charge in [0.1, 0.15) is 23.6 Å². The van der Waals surface area contributed by atoms with E-state index in [2.05, 4.69) is 25.1 Å². The highest BCUT2D eigenvalue weighted by Gasteiger charge is 2.52. The highest BCUT2D eigenvalue weighted by atomic mass is 32.2. The Labute approximate surface area is 262 Å². The first kappa shape index (κ1) is 34.6. The van der Waals surface area contributed by atoms with Crippen LogP contribution in [0.15, 0.2) is 16.9 Å². The molecule has 2 aliphatic rings. The number of hydrogen-bond acceptors (Lipinski definition) is 15. The fraction of sp³-hybridized carbons (Fsp3) is 0.615. The molecule has 3 atom stereocenters. The van der Waals surface area contributed by atoms with E-state index in [0.717, 1.165) is 11.5 Å². The van der Waals surface area contributed by atoms with Gasteiger partial charge in [0.05, 0.1) is 11.0 Å². The van der Waals surface area contributed by atoms with Crippen LogP contribution in [0.25, 0.3) is 0 Å². The van der Waals surface area contributed by atoms with Crippen LogP contribution in [0.1, 0.15) is 60.7 Å². The molecular weight excluding hydrogens is 618 g/mol. The number of rotatable bonds is 11. The molecule has 18 heteroatoms. The van der Waals surface area contributed by atoms with Crippen LogP contribution >= 0.6 is 23.3 Å². The van der Waals surface area contributed by atoms with Gasteiger partial charge in [0.15, 0.2) is 5.13 Å². The van der Waals surface area contributed by atoms with Crippen molar-refractivity contribution in [2.45, 2.75) is 77.2 Å². The minimum atomic E-state index is -0.935. The van der Waals surface area contributed by atoms with Crippen molar-refractivity contribution < 1.29 is 43.0 Å². The number of nitrogens with zero attached hydrogens (tertiary/aromatic N) is 4. The third-order valence-corrected chi connectivity index (χ3v) is 7.74. The zero-order valence-corrected chi connectivity index (χ0v) is 27.1. The molecule has 1 aromatic heterocycles. The van der Waals surface area contributed by atoms with Gasteiger partial charge in [0, 0.05) is 35.9 Å². The SMILES string of the molecule is CC1S[C@@H]2C(NC(=O)C(=NOCCCNC(=O)OC(C)(C)C)c3nsc(N)n3)C(=O)N2C=C1C(=O)OCOC(=O)C(C)(C)C. The van der Waals surface area contributed by atoms with E-state index in [0.29, 0.717) is 6.42 Å². The molecule has 1 aromatic rings. The second-order valence-corrected chi connectivity index (χ2v) is 13.9. The molecule has 2 aliphatic heterocycles. The van der Waals surface area contributed by atoms with Crippen LogP contribution < -0.4 is 16.4 Å². The molecule has 0 aromatic carbocycles. The number of nitrogen functional groups attached to an aromatic ring is 1. The molecule has 16 nitrogen and oxygen atoms in total. The van der Waals surface area contributed by atoms with Gasteiger partial charge in [0.2, 0.25) is 18.3 Å². The van der Waals surface area contributed by atoms with E-state index in [1.54, 1.807) is 48.5 Å². The number of amides is 3. The number of nitrogens with two attached hydrogens (primary N) is 1. The normalized spacial score (nSPS) is 20.0. The van der Waals surface area contributed by atoms with Crippen molar-refractivity contribution in [1.29, 1.82) is 0 Å². The number of esters is 2. The van der Waals surface area contributed by atoms with Crippen molar-refractivity contribution in [3.8, 4) is 0 Å². The molecule has 3 amide bonds. The summed E-state index contributed by atoms with van der Waals surface area (Å²) in [5.41, 5.74) is 4.21. The Bertz CT molecular complexity index is 1330. The number of β-lactam (4-membered cyclic amide) rings is 1. The van der Waals surface area contributed by atoms with E-state index in [1.165, 1.54) is 22.9 Å². The van der Waals surface area contributed by atoms with Crippen LogP contribution in [0, 0.1) is 5.41 Å². The fourth-order valence-electron chi connectivity index (χ4n) is 3.57. The molecule has 1 saturated heterocycles. The van der Waals surface area contributed by atoms with Crippen molar-refractivity contribution in [3.63, 3.8) is 0 Å². The van der Waals surface area contributed by atoms with E-state index >= 15 is 0 Å². The van der Waals surface area contributed by atoms with Crippen LogP contribution in [0.3, 0.4) is 0 Å². The Balaban J connectivity index is 1.57. The number of hydrogen-bond donors (Lipinski definition) is 3. The predicted molar refractivity (Wildman–Crippen MR) is 160 cm³/mol. The quantitative estimate of drug-likeness (QED) is 0.0771. The number of nitrogens with one attached hydrogen (secondary N) is 2. The van der Waals surface area contributed by atoms with Gasteiger partial charge in [-0.1, -0.05) is 5.16 Å². The van der Waals surface area contributed by atoms with Gasteiger partial charge in [-0.2, -0.15) is 9.36 Å². The molecule has 2 unspecified atom stereocenters. The molecule has 0 saturated carbocycles. The Hall–Kier alpha value is -3.93. The third kappa shape index (κ3) is 9.28. The largest absolute Gasteiger partial charge is 0.444 e. The third-order valence-electron chi connectivity index (χ3n) is 5.76. The summed E-state index contributed by atoms with van der Waals surface area (Å²) in [7, 11) is 0. The number of anilines is 1. The summed E-state index contributed by atoms with van der Waals surface area (Å²) in [4.78, 5) is 72.9. The lowest BCUT2D eigenvalue weighted by atomic mass is 9.98. The van der Waals surface area contributed by atoms with E-state index in [1.807, 2.05) is 0 Å². The first-order valence-electron chi connectivity index (χ1n) is 13.6. The maximum absolute atomic E-state index is 13.2. The van der Waals surface area contributed by atoms with Gasteiger partial charge in [-0.3, -0.25) is 14.4 Å². The topological polar surface area (TPSA) is 214 Å². The van der Waals surface area contributed by atoms with Crippen LogP contribution in [0.2, 0.25) is 0 Å². The zero-order valence-electron chi connectivity index (χ0n) is 25.5. The van der Waals surface area contributed by atoms with E-state index < -0.39 is 64.3 Å². The van der Waals surface area contributed by atoms with Gasteiger partial charge >= 0.3 is 18.0 Å². The van der Waals surface area contributed by atoms with Crippen LogP contribution in [-0.2, 0) is 38.2 Å². The van der Waals surface area contributed by atoms with Gasteiger partial charge in [-0.15, -0.1) is 11.8 Å². The Kier molecular flexibility index (Phi) is 11.2. The lowest BCUT2D eigenvalue weighted by molar-refractivity contribution is -0.171. The summed E-state index contributed by atoms with van der Waals surface area (Å²) in [6, 6.07) is -0.935. The second kappa shape index (κ2) is 14.2. The number of oxime groups is 1. The molecule has 3 rings (SSSR count). The number of alkyl carbamates (subject to hydrolysis) is 1. The molecule has 4 N–H and O–H groups in total. The average Bonchev–Trinajstić information content (AvgIpc) is 3.34. The molecular formula is C26H37N7O9S2. The number of ether oxygens (including phenoxy) is 3. The van der Waals surface area contributed by atoms with E-state index in [9.17, 15) is 24.0 Å². The highest BCUT2D eigenvalue weighted by Crippen LogP contribution is 2.40. The monoisotopic (exact) mass is 655 g/mol. The minimum absolute atomic E-state index is 0.0391. The zero-order chi connectivity index (χ0) is 32.8. The number of carbonyl (C=O) groups is 5. The lowest BCUT2D eigenvalue weighted by Gasteiger charge is -2.48. The second-order valence-electron chi connectivity index (χ2n) is 11.7. The van der Waals surface area contributed by atoms with E-state index in [4.69, 9.17) is 24.8 Å². The van der Waals surface area contributed by atoms with Crippen molar-refractivity contribution >= 4 is 64.0 Å². The Morgan fingerprint density at radius 1 is 1.14 bits per heavy atom. The minimum Gasteiger partial charge on any atom is -0.444 e. The summed E-state index contributed by atoms with van der Waals surface area (Å²) in [6.45, 7) is 11.7. The van der Waals surface area contributed by atoms with Crippen LogP contribution in [0.5, 0.6) is 0 Å². The maximum atomic E-state index is 13.2. The number of fused-ring (bicyclic) bond motifs is 1. The number of carbonyl (C=O) groups excluding carboxylic acids is 5. The average molecular weight is 656 g/mol. The van der Waals surface area contributed by atoms with Crippen molar-refractivity contribution in [2.24, 2.45) is 10.6 Å². The van der Waals surface area contributed by atoms with Gasteiger partial charge in [0.25, 0.3) is 11.8 Å². The molecule has 0 bridgehead atoms. The van der Waals surface area contributed by atoms with Gasteiger partial charge < -0.3 is 40.3 Å². The van der Waals surface area contributed by atoms with Crippen molar-refractivity contribution in [1.82, 2.24) is 24.9 Å². The number of aromatic nitrogens is 2. The molecule has 3 heterocycles. The molecule has 0 spiro atoms. The maximum Gasteiger partial charge on any atom is 0.407 e. The van der Waals surface area contributed by atoms with Crippen molar-refractivity contribution in [2.75, 3.05) is 25.7 Å². The molecule has 44 heavy (non-hydrogen) atoms. The van der Waals surface area contributed by atoms with Crippen molar-refractivity contribution in [3.05, 3.63) is 17.6 Å². The highest BCUT2D eigenvalue weighted by molar-refractivity contribution is 8.00. The molecule has 0 radical (unpaired) electrons. The predicted octanol–water partition coefficient (Wildman–Crippen LogP) is 1.52. The smallest absolute Gasteiger partial charge is 0.407 e. The molecule has 1 fully saturated rings. The van der Waals surface area contributed by atoms with Crippen LogP contribution in [-0.4, -0.2) is 92.0 Å². The lowest BCUT2D eigenvalue weighted by Crippen LogP contribution is -2.69. The summed E-state index contributed by atoms with van der Waals surface area (Å²) >= 11 is 2.12. The van der Waals surface area contributed by atoms with E-state index in [-0.39, 0.29) is 35.4 Å². The Morgan fingerprint density at radius 3 is 2.45 bits per heavy atom. The first-order chi connectivity index (χ1) is 20.5. The molecule has 0 aliphatic carbocycles.